The number of rotatable bonds is 22. The number of carbonyl (C=O) groups is 3. The molecule has 0 aromatic heterocycles. The van der Waals surface area contributed by atoms with E-state index in [4.69, 9.17) is 22.9 Å². The molecule has 13 heteroatoms. The first-order valence-corrected chi connectivity index (χ1v) is 25.1. The average molecular weight is 883 g/mol. The third-order valence-corrected chi connectivity index (χ3v) is 17.6. The van der Waals surface area contributed by atoms with Crippen LogP contribution in [0, 0.1) is 0 Å². The lowest BCUT2D eigenvalue weighted by molar-refractivity contribution is -0.155. The van der Waals surface area contributed by atoms with Crippen LogP contribution in [0.25, 0.3) is 11.1 Å². The molecule has 2 unspecified atom stereocenters. The molecule has 4 aromatic rings. The minimum Gasteiger partial charge on any atom is -0.460 e. The van der Waals surface area contributed by atoms with E-state index in [1.54, 1.807) is 20.8 Å². The molecular formula is C49H63N2O9PSi. The van der Waals surface area contributed by atoms with Crippen molar-refractivity contribution in [1.82, 2.24) is 10.6 Å². The fraction of sp³-hybridized carbons (Fsp3) is 0.408. The van der Waals surface area contributed by atoms with E-state index in [0.717, 1.165) is 32.6 Å². The summed E-state index contributed by atoms with van der Waals surface area (Å²) in [5.74, 6) is -1.06. The van der Waals surface area contributed by atoms with Gasteiger partial charge in [0.25, 0.3) is 8.32 Å². The maximum Gasteiger partial charge on any atom is 0.407 e. The minimum absolute atomic E-state index is 0.0460. The van der Waals surface area contributed by atoms with Gasteiger partial charge in [-0.2, -0.15) is 0 Å². The van der Waals surface area contributed by atoms with Crippen molar-refractivity contribution in [1.29, 1.82) is 0 Å². The van der Waals surface area contributed by atoms with Gasteiger partial charge in [-0.15, -0.1) is 6.58 Å². The Hall–Kier alpha value is -4.84. The number of ether oxygens (including phenoxy) is 2. The summed E-state index contributed by atoms with van der Waals surface area (Å²) < 4.78 is 43.6. The van der Waals surface area contributed by atoms with Gasteiger partial charge in [-0.25, -0.2) is 4.79 Å². The first-order valence-electron chi connectivity index (χ1n) is 21.4. The smallest absolute Gasteiger partial charge is 0.407 e. The van der Waals surface area contributed by atoms with Gasteiger partial charge in [0.15, 0.2) is 0 Å². The van der Waals surface area contributed by atoms with Crippen LogP contribution in [-0.4, -0.2) is 77.1 Å². The second kappa shape index (κ2) is 22.0. The molecule has 11 nitrogen and oxygen atoms in total. The molecule has 0 radical (unpaired) electrons. The van der Waals surface area contributed by atoms with Gasteiger partial charge in [0, 0.05) is 25.5 Å². The number of amides is 2. The number of fused-ring (bicyclic) bond motifs is 3. The highest BCUT2D eigenvalue weighted by Gasteiger charge is 2.50. The van der Waals surface area contributed by atoms with E-state index in [0.29, 0.717) is 13.0 Å². The van der Waals surface area contributed by atoms with Gasteiger partial charge in [0.1, 0.15) is 18.2 Å². The van der Waals surface area contributed by atoms with Gasteiger partial charge in [0.05, 0.1) is 19.4 Å². The van der Waals surface area contributed by atoms with Crippen molar-refractivity contribution >= 4 is 44.3 Å². The molecule has 1 aliphatic carbocycles. The van der Waals surface area contributed by atoms with Crippen LogP contribution in [0.3, 0.4) is 0 Å². The minimum atomic E-state index is -3.82. The van der Waals surface area contributed by atoms with Gasteiger partial charge in [-0.1, -0.05) is 136 Å². The summed E-state index contributed by atoms with van der Waals surface area (Å²) in [6.07, 6.45) is 1.17. The van der Waals surface area contributed by atoms with Gasteiger partial charge in [-0.3, -0.25) is 14.2 Å². The van der Waals surface area contributed by atoms with Crippen molar-refractivity contribution in [3.63, 3.8) is 0 Å². The van der Waals surface area contributed by atoms with Crippen LogP contribution >= 0.6 is 7.60 Å². The Labute approximate surface area is 368 Å². The zero-order chi connectivity index (χ0) is 44.8. The van der Waals surface area contributed by atoms with Crippen LogP contribution in [0.5, 0.6) is 0 Å². The highest BCUT2D eigenvalue weighted by atomic mass is 31.2. The molecule has 0 saturated heterocycles. The molecule has 332 valence electrons. The molecule has 2 N–H and O–H groups in total. The summed E-state index contributed by atoms with van der Waals surface area (Å²) in [6, 6.07) is 35.6. The van der Waals surface area contributed by atoms with Crippen molar-refractivity contribution in [2.45, 2.75) is 89.8 Å². The van der Waals surface area contributed by atoms with Crippen LogP contribution < -0.4 is 21.0 Å². The van der Waals surface area contributed by atoms with Crippen LogP contribution in [-0.2, 0) is 37.1 Å². The third-order valence-electron chi connectivity index (χ3n) is 10.6. The molecule has 0 fully saturated rings. The van der Waals surface area contributed by atoms with E-state index in [2.05, 4.69) is 74.4 Å². The Morgan fingerprint density at radius 3 is 1.89 bits per heavy atom. The number of alkyl carbamates (subject to hydrolysis) is 1. The van der Waals surface area contributed by atoms with Crippen LogP contribution in [0.1, 0.15) is 84.3 Å². The largest absolute Gasteiger partial charge is 0.460 e. The van der Waals surface area contributed by atoms with Crippen LogP contribution in [0.2, 0.25) is 5.04 Å². The number of nitrogens with one attached hydrogen (secondary N) is 2. The summed E-state index contributed by atoms with van der Waals surface area (Å²) >= 11 is 0. The van der Waals surface area contributed by atoms with E-state index < -0.39 is 45.5 Å². The highest BCUT2D eigenvalue weighted by Crippen LogP contribution is 2.49. The molecule has 0 saturated carbocycles. The molecule has 0 spiro atoms. The molecular weight excluding hydrogens is 820 g/mol. The number of benzene rings is 4. The normalized spacial score (nSPS) is 14.2. The van der Waals surface area contributed by atoms with E-state index in [1.807, 2.05) is 72.8 Å². The lowest BCUT2D eigenvalue weighted by Gasteiger charge is -2.43. The molecule has 2 amide bonds. The summed E-state index contributed by atoms with van der Waals surface area (Å²) in [4.78, 5) is 39.8. The molecule has 0 bridgehead atoms. The monoisotopic (exact) mass is 882 g/mol. The summed E-state index contributed by atoms with van der Waals surface area (Å²) in [6.45, 7) is 16.2. The Morgan fingerprint density at radius 1 is 0.774 bits per heavy atom. The summed E-state index contributed by atoms with van der Waals surface area (Å²) in [7, 11) is -6.61. The molecule has 5 rings (SSSR count). The first kappa shape index (κ1) is 48.2. The number of carbonyl (C=O) groups excluding carboxylic acids is 3. The Balaban J connectivity index is 1.26. The fourth-order valence-electron chi connectivity index (χ4n) is 7.88. The van der Waals surface area contributed by atoms with Crippen LogP contribution in [0.4, 0.5) is 4.79 Å². The summed E-state index contributed by atoms with van der Waals surface area (Å²) in [5, 5.41) is 7.81. The SMILES string of the molecule is C=CCOP(=O)(CCC(NC(=O)OCC1c2ccccc2-c2ccccc21)C(=O)NCCCO[Si](c1ccccc1)(c1ccccc1)C(C)(C)C)OCCCC(=O)OC(C)(C)C. The molecule has 4 aromatic carbocycles. The number of hydrogen-bond acceptors (Lipinski definition) is 9. The quantitative estimate of drug-likeness (QED) is 0.0261. The molecule has 2 atom stereocenters. The zero-order valence-corrected chi connectivity index (χ0v) is 38.9. The Kier molecular flexibility index (Phi) is 17.1. The fourth-order valence-corrected chi connectivity index (χ4v) is 14.1. The van der Waals surface area contributed by atoms with Crippen molar-refractivity contribution < 1.29 is 41.9 Å². The molecule has 62 heavy (non-hydrogen) atoms. The van der Waals surface area contributed by atoms with Crippen molar-refractivity contribution in [3.05, 3.63) is 133 Å². The van der Waals surface area contributed by atoms with Crippen molar-refractivity contribution in [3.8, 4) is 11.1 Å². The molecule has 0 aliphatic heterocycles. The zero-order valence-electron chi connectivity index (χ0n) is 37.0. The maximum absolute atomic E-state index is 14.0. The van der Waals surface area contributed by atoms with Crippen molar-refractivity contribution in [2.75, 3.05) is 39.1 Å². The molecule has 1 aliphatic rings. The standard InChI is InChI=1S/C49H63N2O9PSi/c1-8-32-57-61(55,58-33-19-29-45(52)60-48(2,3)4)35-30-44(51-47(54)56-36-43-41-27-17-15-25-39(41)40-26-16-18-28-42(40)43)46(53)50-31-20-34-59-62(49(5,6)7,37-21-11-9-12-22-37)38-23-13-10-14-24-38/h8-18,21-28,43-44H,1,19-20,29-36H2,2-7H3,(H,50,53)(H,51,54). The van der Waals surface area contributed by atoms with Gasteiger partial charge in [-0.05, 0) is 77.7 Å². The van der Waals surface area contributed by atoms with E-state index in [1.165, 1.54) is 6.08 Å². The lowest BCUT2D eigenvalue weighted by Crippen LogP contribution is -2.66. The third kappa shape index (κ3) is 12.9. The average Bonchev–Trinajstić information content (AvgIpc) is 3.56. The summed E-state index contributed by atoms with van der Waals surface area (Å²) in [5.41, 5.74) is 3.66. The highest BCUT2D eigenvalue weighted by molar-refractivity contribution is 7.53. The topological polar surface area (TPSA) is 138 Å². The van der Waals surface area contributed by atoms with Gasteiger partial charge < -0.3 is 33.6 Å². The van der Waals surface area contributed by atoms with E-state index in [9.17, 15) is 18.9 Å². The van der Waals surface area contributed by atoms with Gasteiger partial charge in [0.2, 0.25) is 5.91 Å². The second-order valence-electron chi connectivity index (χ2n) is 17.4. The molecule has 0 heterocycles. The van der Waals surface area contributed by atoms with Gasteiger partial charge >= 0.3 is 19.7 Å². The maximum atomic E-state index is 14.0. The lowest BCUT2D eigenvalue weighted by atomic mass is 9.98. The van der Waals surface area contributed by atoms with Crippen molar-refractivity contribution in [2.24, 2.45) is 0 Å². The Morgan fingerprint density at radius 2 is 1.34 bits per heavy atom. The van der Waals surface area contributed by atoms with Crippen LogP contribution in [0.15, 0.2) is 122 Å². The first-order chi connectivity index (χ1) is 29.6. The number of hydrogen-bond donors (Lipinski definition) is 2. The predicted octanol–water partition coefficient (Wildman–Crippen LogP) is 8.90. The Bertz CT molecular complexity index is 2070. The number of esters is 1. The van der Waals surface area contributed by atoms with E-state index in [-0.39, 0.29) is 62.7 Å². The second-order valence-corrected chi connectivity index (χ2v) is 23.9. The predicted molar refractivity (Wildman–Crippen MR) is 247 cm³/mol. The van der Waals surface area contributed by atoms with E-state index >= 15 is 0 Å².